The summed E-state index contributed by atoms with van der Waals surface area (Å²) in [6.07, 6.45) is 0.404. The number of nitrogens with one attached hydrogen (secondary N) is 1. The lowest BCUT2D eigenvalue weighted by Crippen LogP contribution is -2.52. The number of methoxy groups -OCH3 is 1. The molecule has 1 fully saturated rings. The molecule has 122 valence electrons. The molecule has 1 aliphatic heterocycles. The maximum atomic E-state index is 11.8. The molecule has 1 aromatic carbocycles. The van der Waals surface area contributed by atoms with Crippen molar-refractivity contribution in [3.8, 4) is 0 Å². The fraction of sp³-hybridized carbons (Fsp3) is 0.562. The third-order valence-electron chi connectivity index (χ3n) is 3.94. The lowest BCUT2D eigenvalue weighted by atomic mass is 10.0. The smallest absolute Gasteiger partial charge is 0.409 e. The Kier molecular flexibility index (Phi) is 5.49. The zero-order valence-corrected chi connectivity index (χ0v) is 13.5. The third-order valence-corrected chi connectivity index (χ3v) is 3.94. The highest BCUT2D eigenvalue weighted by Gasteiger charge is 2.32. The molecule has 22 heavy (non-hydrogen) atoms. The van der Waals surface area contributed by atoms with Gasteiger partial charge in [-0.15, -0.1) is 0 Å². The van der Waals surface area contributed by atoms with E-state index in [1.165, 1.54) is 0 Å². The predicted molar refractivity (Wildman–Crippen MR) is 87.0 cm³/mol. The van der Waals surface area contributed by atoms with Gasteiger partial charge in [0.2, 0.25) is 0 Å². The number of nitrogens with zero attached hydrogens (tertiary/aromatic N) is 1. The van der Waals surface area contributed by atoms with Gasteiger partial charge in [-0.2, -0.15) is 0 Å². The molecular weight excluding hydrogens is 282 g/mol. The number of anilines is 2. The van der Waals surface area contributed by atoms with Gasteiger partial charge in [-0.3, -0.25) is 0 Å². The number of hydrogen-bond donors (Lipinski definition) is 2. The van der Waals surface area contributed by atoms with Gasteiger partial charge in [-0.05, 0) is 38.0 Å². The van der Waals surface area contributed by atoms with Crippen molar-refractivity contribution in [2.75, 3.05) is 37.9 Å². The summed E-state index contributed by atoms with van der Waals surface area (Å²) in [6.45, 7) is 5.35. The Hall–Kier alpha value is -1.95. The SMILES string of the molecule is CCOC(=O)N1CC[C@@H](Nc2ccc(C)cc2N)[C@H](OC)C1. The molecule has 0 radical (unpaired) electrons. The van der Waals surface area contributed by atoms with Gasteiger partial charge in [0.05, 0.1) is 36.7 Å². The van der Waals surface area contributed by atoms with Gasteiger partial charge in [-0.1, -0.05) is 6.07 Å². The molecule has 6 nitrogen and oxygen atoms in total. The number of likely N-dealkylation sites (tertiary alicyclic amines) is 1. The van der Waals surface area contributed by atoms with E-state index in [1.807, 2.05) is 25.1 Å². The molecule has 0 spiro atoms. The number of nitrogen functional groups attached to an aromatic ring is 1. The molecule has 3 N–H and O–H groups in total. The second-order valence-electron chi connectivity index (χ2n) is 5.55. The van der Waals surface area contributed by atoms with Crippen LogP contribution in [0.25, 0.3) is 0 Å². The van der Waals surface area contributed by atoms with Crippen LogP contribution < -0.4 is 11.1 Å². The van der Waals surface area contributed by atoms with Crippen molar-refractivity contribution in [3.63, 3.8) is 0 Å². The van der Waals surface area contributed by atoms with Crippen molar-refractivity contribution >= 4 is 17.5 Å². The Balaban J connectivity index is 2.02. The Morgan fingerprint density at radius 3 is 2.91 bits per heavy atom. The summed E-state index contributed by atoms with van der Waals surface area (Å²) >= 11 is 0. The van der Waals surface area contributed by atoms with E-state index in [4.69, 9.17) is 15.2 Å². The van der Waals surface area contributed by atoms with Crippen LogP contribution in [0.4, 0.5) is 16.2 Å². The summed E-state index contributed by atoms with van der Waals surface area (Å²) in [5, 5.41) is 3.44. The van der Waals surface area contributed by atoms with Crippen LogP contribution in [0.5, 0.6) is 0 Å². The molecule has 1 amide bonds. The van der Waals surface area contributed by atoms with Crippen molar-refractivity contribution in [3.05, 3.63) is 23.8 Å². The predicted octanol–water partition coefficient (Wildman–Crippen LogP) is 2.23. The van der Waals surface area contributed by atoms with Crippen LogP contribution in [0.1, 0.15) is 18.9 Å². The number of ether oxygens (including phenoxy) is 2. The van der Waals surface area contributed by atoms with Gasteiger partial charge in [0.15, 0.2) is 0 Å². The van der Waals surface area contributed by atoms with Gasteiger partial charge in [0, 0.05) is 13.7 Å². The number of benzene rings is 1. The average molecular weight is 307 g/mol. The standard InChI is InChI=1S/C16H25N3O3/c1-4-22-16(20)19-8-7-14(15(10-19)21-3)18-13-6-5-11(2)9-12(13)17/h5-6,9,14-15,18H,4,7-8,10,17H2,1-3H3/t14-,15-/m1/s1. The lowest BCUT2D eigenvalue weighted by Gasteiger charge is -2.38. The first-order chi connectivity index (χ1) is 10.5. The Morgan fingerprint density at radius 2 is 2.27 bits per heavy atom. The van der Waals surface area contributed by atoms with Gasteiger partial charge >= 0.3 is 6.09 Å². The zero-order chi connectivity index (χ0) is 16.1. The summed E-state index contributed by atoms with van der Waals surface area (Å²) in [5.74, 6) is 0. The fourth-order valence-corrected chi connectivity index (χ4v) is 2.71. The quantitative estimate of drug-likeness (QED) is 0.834. The largest absolute Gasteiger partial charge is 0.450 e. The molecule has 0 aromatic heterocycles. The summed E-state index contributed by atoms with van der Waals surface area (Å²) < 4.78 is 10.6. The Labute approximate surface area is 131 Å². The van der Waals surface area contributed by atoms with Crippen molar-refractivity contribution < 1.29 is 14.3 Å². The lowest BCUT2D eigenvalue weighted by molar-refractivity contribution is 0.0176. The molecule has 0 unspecified atom stereocenters. The monoisotopic (exact) mass is 307 g/mol. The molecule has 1 aromatic rings. The van der Waals surface area contributed by atoms with E-state index < -0.39 is 0 Å². The molecule has 2 atom stereocenters. The van der Waals surface area contributed by atoms with Crippen LogP contribution in [0.2, 0.25) is 0 Å². The number of rotatable bonds is 4. The number of amides is 1. The van der Waals surface area contributed by atoms with Gasteiger partial charge in [-0.25, -0.2) is 4.79 Å². The Morgan fingerprint density at radius 1 is 1.50 bits per heavy atom. The molecule has 0 aliphatic carbocycles. The number of piperidine rings is 1. The number of aryl methyl sites for hydroxylation is 1. The minimum Gasteiger partial charge on any atom is -0.450 e. The highest BCUT2D eigenvalue weighted by molar-refractivity contribution is 5.69. The van der Waals surface area contributed by atoms with Crippen LogP contribution in [-0.2, 0) is 9.47 Å². The first-order valence-corrected chi connectivity index (χ1v) is 7.62. The normalized spacial score (nSPS) is 21.5. The molecule has 1 heterocycles. The van der Waals surface area contributed by atoms with Crippen molar-refractivity contribution in [2.24, 2.45) is 0 Å². The molecule has 1 aliphatic rings. The van der Waals surface area contributed by atoms with Crippen LogP contribution in [0.3, 0.4) is 0 Å². The second kappa shape index (κ2) is 7.35. The minimum absolute atomic E-state index is 0.0983. The van der Waals surface area contributed by atoms with E-state index in [2.05, 4.69) is 5.32 Å². The highest BCUT2D eigenvalue weighted by Crippen LogP contribution is 2.24. The zero-order valence-electron chi connectivity index (χ0n) is 13.5. The molecule has 0 saturated carbocycles. The van der Waals surface area contributed by atoms with E-state index in [1.54, 1.807) is 18.9 Å². The molecule has 0 bridgehead atoms. The number of hydrogen-bond acceptors (Lipinski definition) is 5. The van der Waals surface area contributed by atoms with Gasteiger partial charge in [0.25, 0.3) is 0 Å². The van der Waals surface area contributed by atoms with Gasteiger partial charge < -0.3 is 25.4 Å². The topological polar surface area (TPSA) is 76.8 Å². The van der Waals surface area contributed by atoms with Gasteiger partial charge in [0.1, 0.15) is 0 Å². The first kappa shape index (κ1) is 16.4. The van der Waals surface area contributed by atoms with Crippen molar-refractivity contribution in [2.45, 2.75) is 32.4 Å². The fourth-order valence-electron chi connectivity index (χ4n) is 2.71. The maximum Gasteiger partial charge on any atom is 0.409 e. The summed E-state index contributed by atoms with van der Waals surface area (Å²) in [7, 11) is 1.66. The maximum absolute atomic E-state index is 11.8. The molecule has 1 saturated heterocycles. The van der Waals surface area contributed by atoms with Crippen LogP contribution in [-0.4, -0.2) is 49.9 Å². The average Bonchev–Trinajstić information content (AvgIpc) is 2.50. The summed E-state index contributed by atoms with van der Waals surface area (Å²) in [6, 6.07) is 6.06. The van der Waals surface area contributed by atoms with E-state index in [0.29, 0.717) is 19.7 Å². The second-order valence-corrected chi connectivity index (χ2v) is 5.55. The van der Waals surface area contributed by atoms with E-state index in [-0.39, 0.29) is 18.2 Å². The Bertz CT molecular complexity index is 521. The van der Waals surface area contributed by atoms with Crippen LogP contribution in [0.15, 0.2) is 18.2 Å². The van der Waals surface area contributed by atoms with E-state index >= 15 is 0 Å². The highest BCUT2D eigenvalue weighted by atomic mass is 16.6. The van der Waals surface area contributed by atoms with Crippen LogP contribution >= 0.6 is 0 Å². The number of nitrogens with two attached hydrogens (primary N) is 1. The van der Waals surface area contributed by atoms with E-state index in [0.717, 1.165) is 23.4 Å². The molecular formula is C16H25N3O3. The summed E-state index contributed by atoms with van der Waals surface area (Å²) in [4.78, 5) is 13.5. The first-order valence-electron chi connectivity index (χ1n) is 7.62. The number of carbonyl (C=O) groups is 1. The molecule has 2 rings (SSSR count). The summed E-state index contributed by atoms with van der Waals surface area (Å²) in [5.41, 5.74) is 8.81. The van der Waals surface area contributed by atoms with Crippen LogP contribution in [0, 0.1) is 6.92 Å². The van der Waals surface area contributed by atoms with E-state index in [9.17, 15) is 4.79 Å². The molecule has 6 heteroatoms. The minimum atomic E-state index is -0.280. The van der Waals surface area contributed by atoms with Crippen molar-refractivity contribution in [1.82, 2.24) is 4.90 Å². The van der Waals surface area contributed by atoms with Crippen molar-refractivity contribution in [1.29, 1.82) is 0 Å². The number of carbonyl (C=O) groups excluding carboxylic acids is 1. The third kappa shape index (κ3) is 3.82.